The van der Waals surface area contributed by atoms with E-state index in [2.05, 4.69) is 0 Å². The average molecular weight is 480 g/mol. The van der Waals surface area contributed by atoms with E-state index in [-0.39, 0.29) is 23.3 Å². The largest absolute Gasteiger partial charge is 0.453 e. The third-order valence-electron chi connectivity index (χ3n) is 6.34. The van der Waals surface area contributed by atoms with Crippen molar-refractivity contribution in [3.63, 3.8) is 0 Å². The van der Waals surface area contributed by atoms with Crippen LogP contribution in [-0.4, -0.2) is 65.7 Å². The number of aromatic nitrogens is 2. The Kier molecular flexibility index (Phi) is 5.89. The van der Waals surface area contributed by atoms with Crippen LogP contribution in [0.15, 0.2) is 42.6 Å². The highest BCUT2D eigenvalue weighted by Crippen LogP contribution is 2.36. The summed E-state index contributed by atoms with van der Waals surface area (Å²) in [4.78, 5) is 31.9. The summed E-state index contributed by atoms with van der Waals surface area (Å²) < 4.78 is 28.3. The molecule has 2 N–H and O–H groups in total. The summed E-state index contributed by atoms with van der Waals surface area (Å²) in [5, 5.41) is 0. The van der Waals surface area contributed by atoms with Gasteiger partial charge >= 0.3 is 6.09 Å². The number of morpholine rings is 1. The highest BCUT2D eigenvalue weighted by Gasteiger charge is 2.29. The number of nitrogens with zero attached hydrogens (tertiary/aromatic N) is 4. The van der Waals surface area contributed by atoms with Crippen molar-refractivity contribution in [1.29, 1.82) is 0 Å². The Labute approximate surface area is 201 Å². The van der Waals surface area contributed by atoms with Gasteiger partial charge in [-0.1, -0.05) is 6.08 Å². The number of aryl methyl sites for hydroxylation is 1. The minimum absolute atomic E-state index is 0.172. The van der Waals surface area contributed by atoms with Crippen molar-refractivity contribution >= 4 is 29.0 Å². The summed E-state index contributed by atoms with van der Waals surface area (Å²) in [5.74, 6) is -0.785. The molecule has 2 amide bonds. The predicted octanol–water partition coefficient (Wildman–Crippen LogP) is 2.94. The summed E-state index contributed by atoms with van der Waals surface area (Å²) in [5.41, 5.74) is 9.88. The molecule has 0 bridgehead atoms. The first kappa shape index (κ1) is 22.9. The lowest BCUT2D eigenvalue weighted by Crippen LogP contribution is -2.46. The second kappa shape index (κ2) is 9.03. The molecule has 0 saturated carbocycles. The van der Waals surface area contributed by atoms with Crippen molar-refractivity contribution in [2.45, 2.75) is 19.4 Å². The molecule has 10 heteroatoms. The molecule has 0 radical (unpaired) electrons. The molecule has 2 aliphatic heterocycles. The smallest absolute Gasteiger partial charge is 0.409 e. The van der Waals surface area contributed by atoms with E-state index in [1.54, 1.807) is 17.0 Å². The Hall–Kier alpha value is -3.92. The molecule has 1 aromatic carbocycles. The molecule has 9 nitrogen and oxygen atoms in total. The molecule has 182 valence electrons. The fourth-order valence-electron chi connectivity index (χ4n) is 4.64. The summed E-state index contributed by atoms with van der Waals surface area (Å²) in [6.45, 7) is 3.47. The Morgan fingerprint density at radius 3 is 2.89 bits per heavy atom. The number of amides is 2. The minimum atomic E-state index is -0.568. The summed E-state index contributed by atoms with van der Waals surface area (Å²) in [7, 11) is 1.35. The topological polar surface area (TPSA) is 102 Å². The Morgan fingerprint density at radius 2 is 2.17 bits per heavy atom. The molecule has 1 atom stereocenters. The number of hydrogen-bond donors (Lipinski definition) is 1. The molecular weight excluding hydrogens is 453 g/mol. The van der Waals surface area contributed by atoms with E-state index in [9.17, 15) is 9.59 Å². The number of imidazole rings is 1. The maximum atomic E-state index is 15.6. The maximum absolute atomic E-state index is 15.6. The van der Waals surface area contributed by atoms with Crippen LogP contribution in [0, 0.1) is 12.7 Å². The van der Waals surface area contributed by atoms with Gasteiger partial charge < -0.3 is 29.4 Å². The second-order valence-electron chi connectivity index (χ2n) is 8.70. The molecule has 1 fully saturated rings. The Morgan fingerprint density at radius 1 is 1.34 bits per heavy atom. The predicted molar refractivity (Wildman–Crippen MR) is 129 cm³/mol. The van der Waals surface area contributed by atoms with Gasteiger partial charge in [-0.15, -0.1) is 0 Å². The van der Waals surface area contributed by atoms with Gasteiger partial charge in [-0.05, 0) is 36.8 Å². The lowest BCUT2D eigenvalue weighted by molar-refractivity contribution is -0.113. The van der Waals surface area contributed by atoms with Gasteiger partial charge in [-0.3, -0.25) is 4.79 Å². The Bertz CT molecular complexity index is 1330. The summed E-state index contributed by atoms with van der Waals surface area (Å²) in [6, 6.07) is 6.76. The monoisotopic (exact) mass is 479 g/mol. The van der Waals surface area contributed by atoms with Gasteiger partial charge in [0.05, 0.1) is 43.3 Å². The zero-order valence-electron chi connectivity index (χ0n) is 19.5. The lowest BCUT2D eigenvalue weighted by Gasteiger charge is -2.32. The number of benzene rings is 1. The minimum Gasteiger partial charge on any atom is -0.453 e. The van der Waals surface area contributed by atoms with E-state index in [1.807, 2.05) is 29.7 Å². The number of fused-ring (bicyclic) bond motifs is 1. The van der Waals surface area contributed by atoms with Gasteiger partial charge in [0, 0.05) is 43.2 Å². The molecule has 2 aromatic heterocycles. The number of anilines is 2. The van der Waals surface area contributed by atoms with Gasteiger partial charge in [0.1, 0.15) is 11.5 Å². The van der Waals surface area contributed by atoms with Crippen LogP contribution in [0.25, 0.3) is 16.9 Å². The van der Waals surface area contributed by atoms with Gasteiger partial charge in [-0.25, -0.2) is 14.2 Å². The van der Waals surface area contributed by atoms with Crippen LogP contribution in [0.1, 0.15) is 11.3 Å². The van der Waals surface area contributed by atoms with Crippen molar-refractivity contribution in [1.82, 2.24) is 14.3 Å². The third-order valence-corrected chi connectivity index (χ3v) is 6.34. The van der Waals surface area contributed by atoms with Crippen LogP contribution in [0.3, 0.4) is 0 Å². The van der Waals surface area contributed by atoms with Gasteiger partial charge in [0.25, 0.3) is 5.91 Å². The molecule has 0 aliphatic carbocycles. The number of rotatable bonds is 4. The van der Waals surface area contributed by atoms with E-state index in [0.717, 1.165) is 5.56 Å². The first-order valence-electron chi connectivity index (χ1n) is 11.3. The molecule has 35 heavy (non-hydrogen) atoms. The van der Waals surface area contributed by atoms with Gasteiger partial charge in [-0.2, -0.15) is 0 Å². The molecule has 3 aromatic rings. The number of pyridine rings is 1. The molecule has 4 heterocycles. The second-order valence-corrected chi connectivity index (χ2v) is 8.70. The zero-order valence-corrected chi connectivity index (χ0v) is 19.5. The number of ether oxygens (including phenoxy) is 2. The average Bonchev–Trinajstić information content (AvgIpc) is 3.41. The van der Waals surface area contributed by atoms with Crippen LogP contribution in [0.2, 0.25) is 0 Å². The number of halogens is 1. The van der Waals surface area contributed by atoms with Crippen molar-refractivity contribution in [2.75, 3.05) is 44.0 Å². The van der Waals surface area contributed by atoms with Crippen LogP contribution < -0.4 is 10.6 Å². The number of methoxy groups -OCH3 is 1. The fourth-order valence-corrected chi connectivity index (χ4v) is 4.64. The molecule has 2 aliphatic rings. The van der Waals surface area contributed by atoms with Crippen molar-refractivity contribution in [3.05, 3.63) is 59.7 Å². The quantitative estimate of drug-likeness (QED) is 0.578. The van der Waals surface area contributed by atoms with Crippen LogP contribution >= 0.6 is 0 Å². The normalized spacial score (nSPS) is 18.0. The van der Waals surface area contributed by atoms with E-state index in [1.165, 1.54) is 24.2 Å². The lowest BCUT2D eigenvalue weighted by atomic mass is 10.0. The van der Waals surface area contributed by atoms with Crippen molar-refractivity contribution in [3.8, 4) is 11.3 Å². The van der Waals surface area contributed by atoms with Crippen LogP contribution in [-0.2, 0) is 20.7 Å². The zero-order chi connectivity index (χ0) is 24.7. The molecular formula is C25H26FN5O4. The SMILES string of the molecule is COC(=O)N1CCOC(Cc2c(-c3c(N)cc(N4CC=CC4=O)cc3F)nc3cc(C)ccn23)C1. The highest BCUT2D eigenvalue weighted by atomic mass is 19.1. The number of nitrogens with two attached hydrogens (primary N) is 1. The molecule has 0 spiro atoms. The number of carbonyl (C=O) groups excluding carboxylic acids is 2. The van der Waals surface area contributed by atoms with E-state index in [0.29, 0.717) is 55.4 Å². The standard InChI is InChI=1S/C25H26FN5O4/c1-15-5-7-31-20(13-17-14-29(8-9-35-17)25(33)34-2)24(28-21(31)10-15)23-18(26)11-16(12-19(23)27)30-6-3-4-22(30)32/h3-5,7,10-12,17H,6,8-9,13-14,27H2,1-2H3. The number of hydrogen-bond acceptors (Lipinski definition) is 6. The summed E-state index contributed by atoms with van der Waals surface area (Å²) in [6.07, 6.45) is 4.68. The molecule has 1 unspecified atom stereocenters. The highest BCUT2D eigenvalue weighted by molar-refractivity contribution is 6.04. The fraction of sp³-hybridized carbons (Fsp3) is 0.320. The van der Waals surface area contributed by atoms with Crippen molar-refractivity contribution in [2.24, 2.45) is 0 Å². The van der Waals surface area contributed by atoms with Gasteiger partial charge in [0.15, 0.2) is 0 Å². The molecule has 5 rings (SSSR count). The van der Waals surface area contributed by atoms with Gasteiger partial charge in [0.2, 0.25) is 0 Å². The number of carbonyl (C=O) groups is 2. The van der Waals surface area contributed by atoms with Crippen LogP contribution in [0.5, 0.6) is 0 Å². The third kappa shape index (κ3) is 4.21. The van der Waals surface area contributed by atoms with E-state index in [4.69, 9.17) is 20.2 Å². The van der Waals surface area contributed by atoms with E-state index >= 15 is 4.39 Å². The summed E-state index contributed by atoms with van der Waals surface area (Å²) >= 11 is 0. The van der Waals surface area contributed by atoms with Crippen molar-refractivity contribution < 1.29 is 23.5 Å². The van der Waals surface area contributed by atoms with Crippen LogP contribution in [0.4, 0.5) is 20.6 Å². The molecule has 1 saturated heterocycles. The first-order valence-corrected chi connectivity index (χ1v) is 11.3. The Balaban J connectivity index is 1.56. The number of nitrogen functional groups attached to an aromatic ring is 1. The van der Waals surface area contributed by atoms with E-state index < -0.39 is 11.9 Å². The maximum Gasteiger partial charge on any atom is 0.409 e. The first-order chi connectivity index (χ1) is 16.9.